The molecule has 2 amide bonds. The smallest absolute Gasteiger partial charge is 0.328 e. The molecule has 1 rings (SSSR count). The number of benzene rings is 1. The van der Waals surface area contributed by atoms with E-state index in [9.17, 15) is 14.4 Å². The Labute approximate surface area is 143 Å². The van der Waals surface area contributed by atoms with Gasteiger partial charge in [0.1, 0.15) is 12.1 Å². The number of ether oxygens (including phenoxy) is 1. The molecule has 0 spiro atoms. The van der Waals surface area contributed by atoms with E-state index in [2.05, 4.69) is 10.6 Å². The number of esters is 1. The van der Waals surface area contributed by atoms with E-state index in [1.54, 1.807) is 0 Å². The second kappa shape index (κ2) is 9.05. The van der Waals surface area contributed by atoms with Crippen molar-refractivity contribution in [2.75, 3.05) is 7.11 Å². The lowest BCUT2D eigenvalue weighted by molar-refractivity contribution is -0.145. The van der Waals surface area contributed by atoms with Gasteiger partial charge in [-0.2, -0.15) is 0 Å². The van der Waals surface area contributed by atoms with Gasteiger partial charge in [-0.15, -0.1) is 0 Å². The fourth-order valence-electron chi connectivity index (χ4n) is 2.41. The molecule has 0 aliphatic rings. The first-order valence-corrected chi connectivity index (χ1v) is 7.96. The van der Waals surface area contributed by atoms with Gasteiger partial charge in [-0.05, 0) is 24.0 Å². The van der Waals surface area contributed by atoms with Gasteiger partial charge < -0.3 is 15.4 Å². The summed E-state index contributed by atoms with van der Waals surface area (Å²) in [5.74, 6) is -1.32. The topological polar surface area (TPSA) is 84.5 Å². The number of rotatable bonds is 7. The number of amides is 2. The number of methoxy groups -OCH3 is 1. The molecule has 132 valence electrons. The minimum Gasteiger partial charge on any atom is -0.467 e. The summed E-state index contributed by atoms with van der Waals surface area (Å²) >= 11 is 0. The molecule has 0 aromatic heterocycles. The molecular weight excluding hydrogens is 308 g/mol. The Morgan fingerprint density at radius 2 is 1.75 bits per heavy atom. The van der Waals surface area contributed by atoms with E-state index in [1.807, 2.05) is 45.0 Å². The third-order valence-electron chi connectivity index (χ3n) is 3.80. The number of hydrogen-bond donors (Lipinski definition) is 2. The predicted octanol–water partition coefficient (Wildman–Crippen LogP) is 1.36. The van der Waals surface area contributed by atoms with E-state index in [1.165, 1.54) is 14.0 Å². The summed E-state index contributed by atoms with van der Waals surface area (Å²) < 4.78 is 4.81. The molecule has 0 saturated heterocycles. The van der Waals surface area contributed by atoms with E-state index < -0.39 is 24.0 Å². The van der Waals surface area contributed by atoms with Crippen molar-refractivity contribution < 1.29 is 19.1 Å². The SMILES string of the molecule is COC(=O)[C@H](Cc1ccccc1C)NC(=O)[C@H](NC(C)=O)C(C)C. The Bertz CT molecular complexity index is 598. The van der Waals surface area contributed by atoms with Crippen LogP contribution in [0.25, 0.3) is 0 Å². The minimum absolute atomic E-state index is 0.106. The molecule has 2 atom stereocenters. The van der Waals surface area contributed by atoms with E-state index >= 15 is 0 Å². The molecule has 1 aromatic carbocycles. The second-order valence-corrected chi connectivity index (χ2v) is 6.14. The fourth-order valence-corrected chi connectivity index (χ4v) is 2.41. The number of hydrogen-bond acceptors (Lipinski definition) is 4. The zero-order valence-corrected chi connectivity index (χ0v) is 14.9. The number of nitrogens with one attached hydrogen (secondary N) is 2. The lowest BCUT2D eigenvalue weighted by Gasteiger charge is -2.24. The number of aryl methyl sites for hydroxylation is 1. The summed E-state index contributed by atoms with van der Waals surface area (Å²) in [7, 11) is 1.28. The zero-order valence-electron chi connectivity index (χ0n) is 14.9. The Morgan fingerprint density at radius 3 is 2.25 bits per heavy atom. The first kappa shape index (κ1) is 19.7. The number of carbonyl (C=O) groups is 3. The van der Waals surface area contributed by atoms with Crippen LogP contribution in [-0.2, 0) is 25.5 Å². The third kappa shape index (κ3) is 5.68. The van der Waals surface area contributed by atoms with Crippen LogP contribution in [0.5, 0.6) is 0 Å². The monoisotopic (exact) mass is 334 g/mol. The standard InChI is InChI=1S/C18H26N2O4/c1-11(2)16(19-13(4)21)17(22)20-15(18(23)24-5)10-14-9-7-6-8-12(14)3/h6-9,11,15-16H,10H2,1-5H3,(H,19,21)(H,20,22)/t15-,16+/m0/s1. The highest BCUT2D eigenvalue weighted by molar-refractivity contribution is 5.90. The first-order valence-electron chi connectivity index (χ1n) is 7.96. The predicted molar refractivity (Wildman–Crippen MR) is 91.3 cm³/mol. The maximum absolute atomic E-state index is 12.5. The Kier molecular flexibility index (Phi) is 7.42. The van der Waals surface area contributed by atoms with Crippen LogP contribution in [0.15, 0.2) is 24.3 Å². The molecule has 0 aliphatic carbocycles. The maximum atomic E-state index is 12.5. The summed E-state index contributed by atoms with van der Waals surface area (Å²) in [4.78, 5) is 35.8. The van der Waals surface area contributed by atoms with Gasteiger partial charge in [0.05, 0.1) is 7.11 Å². The van der Waals surface area contributed by atoms with Crippen LogP contribution in [0.2, 0.25) is 0 Å². The summed E-state index contributed by atoms with van der Waals surface area (Å²) in [6.07, 6.45) is 0.329. The van der Waals surface area contributed by atoms with E-state index in [0.717, 1.165) is 11.1 Å². The quantitative estimate of drug-likeness (QED) is 0.737. The van der Waals surface area contributed by atoms with Crippen LogP contribution in [0.3, 0.4) is 0 Å². The van der Waals surface area contributed by atoms with Gasteiger partial charge in [-0.3, -0.25) is 9.59 Å². The van der Waals surface area contributed by atoms with Crippen LogP contribution in [-0.4, -0.2) is 37.0 Å². The molecule has 0 heterocycles. The molecule has 2 N–H and O–H groups in total. The van der Waals surface area contributed by atoms with Gasteiger partial charge in [0, 0.05) is 13.3 Å². The Morgan fingerprint density at radius 1 is 1.12 bits per heavy atom. The fraction of sp³-hybridized carbons (Fsp3) is 0.500. The van der Waals surface area contributed by atoms with Crippen molar-refractivity contribution in [3.05, 3.63) is 35.4 Å². The molecule has 24 heavy (non-hydrogen) atoms. The molecular formula is C18H26N2O4. The van der Waals surface area contributed by atoms with Crippen LogP contribution in [0.1, 0.15) is 31.9 Å². The lowest BCUT2D eigenvalue weighted by atomic mass is 9.99. The number of carbonyl (C=O) groups excluding carboxylic acids is 3. The molecule has 0 bridgehead atoms. The highest BCUT2D eigenvalue weighted by atomic mass is 16.5. The minimum atomic E-state index is -0.807. The average Bonchev–Trinajstić information content (AvgIpc) is 2.52. The lowest BCUT2D eigenvalue weighted by Crippen LogP contribution is -2.54. The van der Waals surface area contributed by atoms with E-state index in [-0.39, 0.29) is 11.8 Å². The van der Waals surface area contributed by atoms with Crippen molar-refractivity contribution in [1.82, 2.24) is 10.6 Å². The second-order valence-electron chi connectivity index (χ2n) is 6.14. The van der Waals surface area contributed by atoms with Crippen LogP contribution >= 0.6 is 0 Å². The maximum Gasteiger partial charge on any atom is 0.328 e. The molecule has 6 heteroatoms. The van der Waals surface area contributed by atoms with E-state index in [4.69, 9.17) is 4.74 Å². The van der Waals surface area contributed by atoms with Gasteiger partial charge in [0.15, 0.2) is 0 Å². The van der Waals surface area contributed by atoms with Crippen molar-refractivity contribution >= 4 is 17.8 Å². The van der Waals surface area contributed by atoms with Crippen molar-refractivity contribution in [1.29, 1.82) is 0 Å². The van der Waals surface area contributed by atoms with Crippen LogP contribution in [0, 0.1) is 12.8 Å². The molecule has 0 radical (unpaired) electrons. The molecule has 0 fully saturated rings. The largest absolute Gasteiger partial charge is 0.467 e. The van der Waals surface area contributed by atoms with Crippen LogP contribution < -0.4 is 10.6 Å². The van der Waals surface area contributed by atoms with Crippen molar-refractivity contribution in [3.63, 3.8) is 0 Å². The zero-order chi connectivity index (χ0) is 18.3. The van der Waals surface area contributed by atoms with Gasteiger partial charge in [-0.25, -0.2) is 4.79 Å². The summed E-state index contributed by atoms with van der Waals surface area (Å²) in [5.41, 5.74) is 1.98. The van der Waals surface area contributed by atoms with Gasteiger partial charge >= 0.3 is 5.97 Å². The third-order valence-corrected chi connectivity index (χ3v) is 3.80. The molecule has 0 saturated carbocycles. The molecule has 1 aromatic rings. The highest BCUT2D eigenvalue weighted by Crippen LogP contribution is 2.11. The van der Waals surface area contributed by atoms with Gasteiger partial charge in [0.25, 0.3) is 0 Å². The van der Waals surface area contributed by atoms with Crippen molar-refractivity contribution in [2.24, 2.45) is 5.92 Å². The Hall–Kier alpha value is -2.37. The first-order chi connectivity index (χ1) is 11.3. The highest BCUT2D eigenvalue weighted by Gasteiger charge is 2.28. The van der Waals surface area contributed by atoms with Crippen molar-refractivity contribution in [2.45, 2.75) is 46.2 Å². The normalized spacial score (nSPS) is 13.1. The molecule has 6 nitrogen and oxygen atoms in total. The summed E-state index contributed by atoms with van der Waals surface area (Å²) in [6, 6.07) is 6.14. The van der Waals surface area contributed by atoms with E-state index in [0.29, 0.717) is 6.42 Å². The summed E-state index contributed by atoms with van der Waals surface area (Å²) in [5, 5.41) is 5.32. The molecule has 0 unspecified atom stereocenters. The Balaban J connectivity index is 2.93. The van der Waals surface area contributed by atoms with Gasteiger partial charge in [0.2, 0.25) is 11.8 Å². The molecule has 0 aliphatic heterocycles. The van der Waals surface area contributed by atoms with Crippen molar-refractivity contribution in [3.8, 4) is 0 Å². The van der Waals surface area contributed by atoms with Crippen LogP contribution in [0.4, 0.5) is 0 Å². The average molecular weight is 334 g/mol. The van der Waals surface area contributed by atoms with Gasteiger partial charge in [-0.1, -0.05) is 38.1 Å². The summed E-state index contributed by atoms with van der Waals surface area (Å²) in [6.45, 7) is 6.96.